The van der Waals surface area contributed by atoms with Crippen molar-refractivity contribution < 1.29 is 23.9 Å². The van der Waals surface area contributed by atoms with E-state index in [2.05, 4.69) is 20.8 Å². The maximum atomic E-state index is 13.0. The second-order valence-corrected chi connectivity index (χ2v) is 14.7. The van der Waals surface area contributed by atoms with Gasteiger partial charge in [0.05, 0.1) is 6.42 Å². The number of fused-ring (bicyclic) bond motifs is 5. The number of carbonyl (C=O) groups is 3. The molecule has 2 aromatic carbocycles. The van der Waals surface area contributed by atoms with Crippen molar-refractivity contribution in [3.63, 3.8) is 0 Å². The van der Waals surface area contributed by atoms with Crippen molar-refractivity contribution in [1.29, 1.82) is 0 Å². The number of carbonyl (C=O) groups excluding carboxylic acids is 3. The van der Waals surface area contributed by atoms with E-state index in [1.54, 1.807) is 12.1 Å². The first kappa shape index (κ1) is 30.1. The van der Waals surface area contributed by atoms with Gasteiger partial charge in [-0.05, 0) is 105 Å². The van der Waals surface area contributed by atoms with E-state index in [4.69, 9.17) is 9.47 Å². The number of hydrogen-bond acceptors (Lipinski definition) is 5. The fourth-order valence-corrected chi connectivity index (χ4v) is 10.4. The minimum absolute atomic E-state index is 0.00387. The molecule has 6 rings (SSSR count). The van der Waals surface area contributed by atoms with Crippen molar-refractivity contribution in [3.05, 3.63) is 71.3 Å². The Morgan fingerprint density at radius 2 is 1.49 bits per heavy atom. The van der Waals surface area contributed by atoms with Crippen LogP contribution in [-0.2, 0) is 25.5 Å². The summed E-state index contributed by atoms with van der Waals surface area (Å²) in [7, 11) is 0. The normalized spacial score (nSPS) is 35.5. The molecule has 43 heavy (non-hydrogen) atoms. The van der Waals surface area contributed by atoms with E-state index in [1.165, 1.54) is 45.4 Å². The van der Waals surface area contributed by atoms with Crippen LogP contribution in [0.15, 0.2) is 54.6 Å². The molecule has 0 radical (unpaired) electrons. The largest absolute Gasteiger partial charge is 0.463 e. The smallest absolute Gasteiger partial charge is 0.310 e. The van der Waals surface area contributed by atoms with Crippen LogP contribution in [0.25, 0.3) is 0 Å². The van der Waals surface area contributed by atoms with Crippen LogP contribution < -0.4 is 0 Å². The Morgan fingerprint density at radius 1 is 0.814 bits per heavy atom. The molecule has 0 N–H and O–H groups in total. The maximum absolute atomic E-state index is 13.0. The number of esters is 2. The SMILES string of the molecule is CC(=O)OC(C)C1CCC2C3CCC4CC(OC(=O)Cc5ccc(C(=O)c6ccccc6)cc5)CCC4(C)C3CCC12C. The van der Waals surface area contributed by atoms with E-state index in [0.717, 1.165) is 42.6 Å². The van der Waals surface area contributed by atoms with Crippen molar-refractivity contribution in [2.75, 3.05) is 0 Å². The molecule has 4 aliphatic rings. The summed E-state index contributed by atoms with van der Waals surface area (Å²) in [6.45, 7) is 8.67. The molecule has 0 saturated heterocycles. The van der Waals surface area contributed by atoms with Crippen molar-refractivity contribution in [3.8, 4) is 0 Å². The van der Waals surface area contributed by atoms with Crippen LogP contribution >= 0.6 is 0 Å². The Morgan fingerprint density at radius 3 is 2.21 bits per heavy atom. The van der Waals surface area contributed by atoms with Gasteiger partial charge in [0.1, 0.15) is 12.2 Å². The molecule has 9 atom stereocenters. The van der Waals surface area contributed by atoms with E-state index >= 15 is 0 Å². The summed E-state index contributed by atoms with van der Waals surface area (Å²) in [6, 6.07) is 16.6. The van der Waals surface area contributed by atoms with Gasteiger partial charge in [-0.25, -0.2) is 0 Å². The molecule has 0 bridgehead atoms. The molecule has 0 spiro atoms. The standard InChI is InChI=1S/C38H48O5/c1-24(42-25(2)39)32-16-17-33-31-15-14-29-23-30(18-20-37(29,3)34(31)19-21-38(32,33)4)43-35(40)22-26-10-12-28(13-11-26)36(41)27-8-6-5-7-9-27/h5-13,24,29-34H,14-23H2,1-4H3. The van der Waals surface area contributed by atoms with Crippen LogP contribution in [0.4, 0.5) is 0 Å². The Balaban J connectivity index is 1.04. The lowest BCUT2D eigenvalue weighted by atomic mass is 9.44. The topological polar surface area (TPSA) is 69.7 Å². The van der Waals surface area contributed by atoms with Gasteiger partial charge in [0.25, 0.3) is 0 Å². The van der Waals surface area contributed by atoms with Gasteiger partial charge in [-0.2, -0.15) is 0 Å². The third kappa shape index (κ3) is 5.69. The monoisotopic (exact) mass is 584 g/mol. The second kappa shape index (κ2) is 11.9. The van der Waals surface area contributed by atoms with Crippen LogP contribution in [0.1, 0.15) is 107 Å². The van der Waals surface area contributed by atoms with Crippen LogP contribution in [0.5, 0.6) is 0 Å². The molecular weight excluding hydrogens is 536 g/mol. The highest BCUT2D eigenvalue weighted by molar-refractivity contribution is 6.08. The molecule has 4 saturated carbocycles. The van der Waals surface area contributed by atoms with Gasteiger partial charge in [-0.1, -0.05) is 68.4 Å². The van der Waals surface area contributed by atoms with E-state index in [9.17, 15) is 14.4 Å². The molecule has 0 amide bonds. The lowest BCUT2D eigenvalue weighted by molar-refractivity contribution is -0.165. The van der Waals surface area contributed by atoms with Gasteiger partial charge in [0, 0.05) is 24.0 Å². The molecule has 0 heterocycles. The Hall–Kier alpha value is -2.95. The number of benzene rings is 2. The van der Waals surface area contributed by atoms with Crippen LogP contribution in [0.2, 0.25) is 0 Å². The van der Waals surface area contributed by atoms with E-state index in [1.807, 2.05) is 42.5 Å². The summed E-state index contributed by atoms with van der Waals surface area (Å²) < 4.78 is 11.8. The molecular formula is C38H48O5. The highest BCUT2D eigenvalue weighted by Gasteiger charge is 2.61. The minimum atomic E-state index is -0.170. The first-order chi connectivity index (χ1) is 20.6. The van der Waals surface area contributed by atoms with Crippen molar-refractivity contribution in [2.45, 2.75) is 104 Å². The Kier molecular flexibility index (Phi) is 8.30. The minimum Gasteiger partial charge on any atom is -0.463 e. The van der Waals surface area contributed by atoms with Crippen molar-refractivity contribution >= 4 is 17.7 Å². The third-order valence-corrected chi connectivity index (χ3v) is 12.5. The number of ketones is 1. The van der Waals surface area contributed by atoms with Gasteiger partial charge in [0.15, 0.2) is 5.78 Å². The predicted octanol–water partition coefficient (Wildman–Crippen LogP) is 7.98. The molecule has 9 unspecified atom stereocenters. The maximum Gasteiger partial charge on any atom is 0.310 e. The van der Waals surface area contributed by atoms with Crippen LogP contribution in [0.3, 0.4) is 0 Å². The van der Waals surface area contributed by atoms with Gasteiger partial charge in [0.2, 0.25) is 0 Å². The average Bonchev–Trinajstić information content (AvgIpc) is 3.35. The summed E-state index contributed by atoms with van der Waals surface area (Å²) in [5, 5.41) is 0. The quantitative estimate of drug-likeness (QED) is 0.244. The molecule has 230 valence electrons. The zero-order valence-corrected chi connectivity index (χ0v) is 26.3. The van der Waals surface area contributed by atoms with Gasteiger partial charge < -0.3 is 9.47 Å². The zero-order valence-electron chi connectivity index (χ0n) is 26.3. The molecule has 0 aliphatic heterocycles. The summed E-state index contributed by atoms with van der Waals surface area (Å²) in [6.07, 6.45) is 10.7. The Bertz CT molecular complexity index is 1330. The third-order valence-electron chi connectivity index (χ3n) is 12.5. The van der Waals surface area contributed by atoms with E-state index < -0.39 is 0 Å². The van der Waals surface area contributed by atoms with Gasteiger partial charge in [-0.15, -0.1) is 0 Å². The average molecular weight is 585 g/mol. The fourth-order valence-electron chi connectivity index (χ4n) is 10.4. The summed E-state index contributed by atoms with van der Waals surface area (Å²) in [5.41, 5.74) is 2.74. The second-order valence-electron chi connectivity index (χ2n) is 14.7. The van der Waals surface area contributed by atoms with Crippen LogP contribution in [-0.4, -0.2) is 29.9 Å². The zero-order chi connectivity index (χ0) is 30.4. The van der Waals surface area contributed by atoms with Gasteiger partial charge >= 0.3 is 11.9 Å². The molecule has 0 aromatic heterocycles. The van der Waals surface area contributed by atoms with Crippen molar-refractivity contribution in [1.82, 2.24) is 0 Å². The van der Waals surface area contributed by atoms with Crippen LogP contribution in [0, 0.1) is 40.4 Å². The number of ether oxygens (including phenoxy) is 2. The number of hydrogen-bond donors (Lipinski definition) is 0. The van der Waals surface area contributed by atoms with Gasteiger partial charge in [-0.3, -0.25) is 14.4 Å². The molecule has 4 fully saturated rings. The molecule has 2 aromatic rings. The molecule has 5 nitrogen and oxygen atoms in total. The van der Waals surface area contributed by atoms with E-state index in [-0.39, 0.29) is 41.8 Å². The summed E-state index contributed by atoms with van der Waals surface area (Å²) in [5.74, 6) is 2.93. The summed E-state index contributed by atoms with van der Waals surface area (Å²) in [4.78, 5) is 37.4. The highest BCUT2D eigenvalue weighted by Crippen LogP contribution is 2.68. The first-order valence-electron chi connectivity index (χ1n) is 16.6. The molecule has 4 aliphatic carbocycles. The lowest BCUT2D eigenvalue weighted by Gasteiger charge is -2.61. The fraction of sp³-hybridized carbons (Fsp3) is 0.605. The van der Waals surface area contributed by atoms with E-state index in [0.29, 0.717) is 28.4 Å². The predicted molar refractivity (Wildman–Crippen MR) is 166 cm³/mol. The van der Waals surface area contributed by atoms with Crippen molar-refractivity contribution in [2.24, 2.45) is 40.4 Å². The number of rotatable bonds is 7. The Labute approximate surface area is 257 Å². The lowest BCUT2D eigenvalue weighted by Crippen LogP contribution is -2.54. The summed E-state index contributed by atoms with van der Waals surface area (Å²) >= 11 is 0. The molecule has 5 heteroatoms. The highest BCUT2D eigenvalue weighted by atomic mass is 16.5. The first-order valence-corrected chi connectivity index (χ1v) is 16.6.